The Hall–Kier alpha value is -1.82. The van der Waals surface area contributed by atoms with Gasteiger partial charge in [-0.1, -0.05) is 0 Å². The lowest BCUT2D eigenvalue weighted by Crippen LogP contribution is -2.00. The summed E-state index contributed by atoms with van der Waals surface area (Å²) in [4.78, 5) is 13.3. The van der Waals surface area contributed by atoms with Crippen molar-refractivity contribution in [2.24, 2.45) is 0 Å². The second-order valence-electron chi connectivity index (χ2n) is 2.69. The molecule has 68 valence electrons. The zero-order valence-electron chi connectivity index (χ0n) is 7.03. The van der Waals surface area contributed by atoms with E-state index in [2.05, 4.69) is 20.1 Å². The highest BCUT2D eigenvalue weighted by Crippen LogP contribution is 2.17. The van der Waals surface area contributed by atoms with Crippen LogP contribution in [0.4, 0.5) is 0 Å². The van der Waals surface area contributed by atoms with Gasteiger partial charge in [-0.15, -0.1) is 11.3 Å². The quantitative estimate of drug-likeness (QED) is 0.597. The smallest absolute Gasteiger partial charge is 0.223 e. The minimum absolute atomic E-state index is 0.553. The monoisotopic (exact) mass is 203 g/mol. The van der Waals surface area contributed by atoms with Gasteiger partial charge in [0.25, 0.3) is 5.95 Å². The largest absolute Gasteiger partial charge is 0.253 e. The molecule has 3 aromatic rings. The Bertz CT molecular complexity index is 556. The van der Waals surface area contributed by atoms with Gasteiger partial charge in [0, 0.05) is 11.6 Å². The summed E-state index contributed by atoms with van der Waals surface area (Å²) in [7, 11) is 0. The molecule has 0 saturated heterocycles. The van der Waals surface area contributed by atoms with Gasteiger partial charge >= 0.3 is 0 Å². The Balaban J connectivity index is 2.23. The predicted molar refractivity (Wildman–Crippen MR) is 52.3 cm³/mol. The maximum absolute atomic E-state index is 4.35. The normalized spacial score (nSPS) is 10.9. The molecule has 0 radical (unpaired) electrons. The van der Waals surface area contributed by atoms with Crippen LogP contribution in [0.5, 0.6) is 0 Å². The Labute approximate surface area is 83.1 Å². The summed E-state index contributed by atoms with van der Waals surface area (Å²) in [6, 6.07) is 1.99. The van der Waals surface area contributed by atoms with Gasteiger partial charge in [-0.25, -0.2) is 9.97 Å². The van der Waals surface area contributed by atoms with Crippen LogP contribution < -0.4 is 0 Å². The number of thiophene rings is 1. The van der Waals surface area contributed by atoms with E-state index in [0.717, 1.165) is 10.2 Å². The number of hydrogen-bond donors (Lipinski definition) is 0. The topological polar surface area (TPSA) is 56.5 Å². The molecule has 5 nitrogen and oxygen atoms in total. The van der Waals surface area contributed by atoms with Crippen LogP contribution in [-0.2, 0) is 0 Å². The van der Waals surface area contributed by atoms with E-state index in [9.17, 15) is 0 Å². The molecule has 0 fully saturated rings. The van der Waals surface area contributed by atoms with Crippen molar-refractivity contribution < 1.29 is 0 Å². The number of aromatic nitrogens is 5. The Morgan fingerprint density at radius 2 is 2.36 bits per heavy atom. The van der Waals surface area contributed by atoms with Crippen LogP contribution in [-0.4, -0.2) is 24.7 Å². The van der Waals surface area contributed by atoms with Gasteiger partial charge in [-0.3, -0.25) is 0 Å². The van der Waals surface area contributed by atoms with E-state index in [1.807, 2.05) is 11.4 Å². The molecule has 14 heavy (non-hydrogen) atoms. The summed E-state index contributed by atoms with van der Waals surface area (Å²) in [6.45, 7) is 0. The molecule has 6 heteroatoms. The first-order chi connectivity index (χ1) is 6.93. The molecular weight excluding hydrogens is 198 g/mol. The fraction of sp³-hybridized carbons (Fsp3) is 0. The Morgan fingerprint density at radius 1 is 1.36 bits per heavy atom. The van der Waals surface area contributed by atoms with Crippen LogP contribution in [0.1, 0.15) is 0 Å². The van der Waals surface area contributed by atoms with E-state index in [1.165, 1.54) is 6.33 Å². The molecule has 0 amide bonds. The highest BCUT2D eigenvalue weighted by atomic mass is 32.1. The Morgan fingerprint density at radius 3 is 3.21 bits per heavy atom. The first kappa shape index (κ1) is 7.57. The molecule has 0 aromatic carbocycles. The Kier molecular flexibility index (Phi) is 1.54. The lowest BCUT2D eigenvalue weighted by atomic mass is 10.4. The van der Waals surface area contributed by atoms with Crippen molar-refractivity contribution in [3.63, 3.8) is 0 Å². The van der Waals surface area contributed by atoms with Crippen LogP contribution in [0.15, 0.2) is 30.3 Å². The van der Waals surface area contributed by atoms with Crippen LogP contribution in [0.25, 0.3) is 16.2 Å². The van der Waals surface area contributed by atoms with Gasteiger partial charge in [0.1, 0.15) is 17.5 Å². The zero-order chi connectivity index (χ0) is 9.38. The van der Waals surface area contributed by atoms with E-state index in [0.29, 0.717) is 5.95 Å². The molecule has 0 atom stereocenters. The summed E-state index contributed by atoms with van der Waals surface area (Å²) in [5.41, 5.74) is 0. The molecule has 3 rings (SSSR count). The molecule has 0 saturated carbocycles. The van der Waals surface area contributed by atoms with E-state index >= 15 is 0 Å². The van der Waals surface area contributed by atoms with Gasteiger partial charge in [0.2, 0.25) is 0 Å². The standard InChI is InChI=1S/C8H5N5S/c1-2-14-7-6(1)3-10-8(12-7)13-5-9-4-11-13/h1-5H. The van der Waals surface area contributed by atoms with E-state index in [-0.39, 0.29) is 0 Å². The maximum Gasteiger partial charge on any atom is 0.253 e. The number of nitrogens with zero attached hydrogens (tertiary/aromatic N) is 5. The minimum atomic E-state index is 0.553. The van der Waals surface area contributed by atoms with Crippen LogP contribution in [0.2, 0.25) is 0 Å². The van der Waals surface area contributed by atoms with E-state index < -0.39 is 0 Å². The minimum Gasteiger partial charge on any atom is -0.223 e. The molecule has 0 bridgehead atoms. The van der Waals surface area contributed by atoms with Crippen molar-refractivity contribution in [1.29, 1.82) is 0 Å². The first-order valence-electron chi connectivity index (χ1n) is 3.99. The lowest BCUT2D eigenvalue weighted by molar-refractivity contribution is 0.815. The van der Waals surface area contributed by atoms with Gasteiger partial charge in [-0.2, -0.15) is 14.8 Å². The molecule has 3 aromatic heterocycles. The fourth-order valence-electron chi connectivity index (χ4n) is 1.17. The third-order valence-electron chi connectivity index (χ3n) is 1.82. The third-order valence-corrected chi connectivity index (χ3v) is 2.64. The molecule has 0 spiro atoms. The molecule has 3 heterocycles. The summed E-state index contributed by atoms with van der Waals surface area (Å²) in [5.74, 6) is 0.553. The molecule has 0 aliphatic rings. The average Bonchev–Trinajstić information content (AvgIpc) is 2.88. The lowest BCUT2D eigenvalue weighted by Gasteiger charge is -1.96. The van der Waals surface area contributed by atoms with Crippen molar-refractivity contribution in [2.75, 3.05) is 0 Å². The number of fused-ring (bicyclic) bond motifs is 1. The van der Waals surface area contributed by atoms with Gasteiger partial charge in [0.15, 0.2) is 0 Å². The summed E-state index contributed by atoms with van der Waals surface area (Å²) in [6.07, 6.45) is 4.83. The molecule has 0 unspecified atom stereocenters. The van der Waals surface area contributed by atoms with Gasteiger partial charge < -0.3 is 0 Å². The van der Waals surface area contributed by atoms with E-state index in [1.54, 1.807) is 28.5 Å². The predicted octanol–water partition coefficient (Wildman–Crippen LogP) is 1.27. The average molecular weight is 203 g/mol. The number of hydrogen-bond acceptors (Lipinski definition) is 5. The van der Waals surface area contributed by atoms with Crippen molar-refractivity contribution in [1.82, 2.24) is 24.7 Å². The van der Waals surface area contributed by atoms with Crippen molar-refractivity contribution in [2.45, 2.75) is 0 Å². The highest BCUT2D eigenvalue weighted by Gasteiger charge is 2.02. The van der Waals surface area contributed by atoms with Crippen molar-refractivity contribution >= 4 is 21.6 Å². The van der Waals surface area contributed by atoms with Crippen molar-refractivity contribution in [3.05, 3.63) is 30.3 Å². The van der Waals surface area contributed by atoms with Gasteiger partial charge in [0.05, 0.1) is 0 Å². The van der Waals surface area contributed by atoms with Crippen LogP contribution >= 0.6 is 11.3 Å². The molecule has 0 N–H and O–H groups in total. The highest BCUT2D eigenvalue weighted by molar-refractivity contribution is 7.16. The fourth-order valence-corrected chi connectivity index (χ4v) is 1.90. The number of rotatable bonds is 1. The third kappa shape index (κ3) is 1.08. The molecular formula is C8H5N5S. The second-order valence-corrected chi connectivity index (χ2v) is 3.59. The zero-order valence-corrected chi connectivity index (χ0v) is 7.85. The van der Waals surface area contributed by atoms with Crippen molar-refractivity contribution in [3.8, 4) is 5.95 Å². The summed E-state index contributed by atoms with van der Waals surface area (Å²) < 4.78 is 1.54. The van der Waals surface area contributed by atoms with Gasteiger partial charge in [-0.05, 0) is 11.4 Å². The molecule has 0 aliphatic heterocycles. The first-order valence-corrected chi connectivity index (χ1v) is 4.87. The summed E-state index contributed by atoms with van der Waals surface area (Å²) >= 11 is 1.59. The summed E-state index contributed by atoms with van der Waals surface area (Å²) in [5, 5.41) is 7.01. The van der Waals surface area contributed by atoms with E-state index in [4.69, 9.17) is 0 Å². The second kappa shape index (κ2) is 2.85. The maximum atomic E-state index is 4.35. The van der Waals surface area contributed by atoms with Crippen LogP contribution in [0, 0.1) is 0 Å². The molecule has 0 aliphatic carbocycles. The SMILES string of the molecule is c1ncn(-c2ncc3ccsc3n2)n1. The van der Waals surface area contributed by atoms with Crippen LogP contribution in [0.3, 0.4) is 0 Å².